The molecule has 1 aromatic heterocycles. The molecular formula is C12H20N4O. The Hall–Kier alpha value is -1.52. The van der Waals surface area contributed by atoms with Crippen molar-refractivity contribution in [3.8, 4) is 0 Å². The fourth-order valence-corrected chi connectivity index (χ4v) is 2.32. The third-order valence-corrected chi connectivity index (χ3v) is 3.34. The normalized spacial score (nSPS) is 18.4. The van der Waals surface area contributed by atoms with E-state index in [-0.39, 0.29) is 11.2 Å². The third kappa shape index (κ3) is 3.22. The van der Waals surface area contributed by atoms with Gasteiger partial charge in [-0.1, -0.05) is 32.1 Å². The number of aromatic amines is 1. The van der Waals surface area contributed by atoms with E-state index < -0.39 is 0 Å². The van der Waals surface area contributed by atoms with E-state index in [1.807, 2.05) is 0 Å². The Morgan fingerprint density at radius 2 is 1.88 bits per heavy atom. The fraction of sp³-hybridized carbons (Fsp3) is 0.667. The smallest absolute Gasteiger partial charge is 0.276 e. The Kier molecular flexibility index (Phi) is 4.01. The van der Waals surface area contributed by atoms with E-state index in [1.165, 1.54) is 38.4 Å². The van der Waals surface area contributed by atoms with Crippen LogP contribution >= 0.6 is 0 Å². The number of aromatic nitrogens is 2. The number of anilines is 2. The van der Waals surface area contributed by atoms with Crippen LogP contribution in [-0.4, -0.2) is 16.0 Å². The topological polar surface area (TPSA) is 83.8 Å². The largest absolute Gasteiger partial charge is 0.391 e. The number of nitrogen functional groups attached to an aromatic ring is 1. The van der Waals surface area contributed by atoms with Gasteiger partial charge in [0.2, 0.25) is 0 Å². The molecule has 4 N–H and O–H groups in total. The van der Waals surface area contributed by atoms with Crippen LogP contribution in [0.25, 0.3) is 0 Å². The number of H-pyrrole nitrogens is 1. The van der Waals surface area contributed by atoms with Gasteiger partial charge >= 0.3 is 0 Å². The molecule has 1 heterocycles. The van der Waals surface area contributed by atoms with Crippen LogP contribution in [0, 0.1) is 0 Å². The van der Waals surface area contributed by atoms with Crippen LogP contribution in [0.1, 0.15) is 44.9 Å². The SMILES string of the molecule is Nc1c(NC2CCCCCCC2)nc[nH]c1=O. The van der Waals surface area contributed by atoms with Gasteiger partial charge < -0.3 is 16.0 Å². The Bertz CT molecular complexity index is 407. The van der Waals surface area contributed by atoms with Crippen molar-refractivity contribution in [2.45, 2.75) is 51.0 Å². The van der Waals surface area contributed by atoms with E-state index in [2.05, 4.69) is 15.3 Å². The zero-order valence-electron chi connectivity index (χ0n) is 10.0. The van der Waals surface area contributed by atoms with Gasteiger partial charge in [0.05, 0.1) is 6.33 Å². The number of nitrogens with two attached hydrogens (primary N) is 1. The van der Waals surface area contributed by atoms with Crippen molar-refractivity contribution in [3.05, 3.63) is 16.7 Å². The van der Waals surface area contributed by atoms with Crippen LogP contribution < -0.4 is 16.6 Å². The summed E-state index contributed by atoms with van der Waals surface area (Å²) in [6.07, 6.45) is 10.1. The Balaban J connectivity index is 2.03. The van der Waals surface area contributed by atoms with Crippen molar-refractivity contribution in [1.29, 1.82) is 0 Å². The number of nitrogens with one attached hydrogen (secondary N) is 2. The first-order valence-electron chi connectivity index (χ1n) is 6.37. The zero-order chi connectivity index (χ0) is 12.1. The first kappa shape index (κ1) is 12.0. The van der Waals surface area contributed by atoms with Crippen molar-refractivity contribution >= 4 is 11.5 Å². The van der Waals surface area contributed by atoms with Gasteiger partial charge in [-0.15, -0.1) is 0 Å². The highest BCUT2D eigenvalue weighted by Crippen LogP contribution is 2.20. The quantitative estimate of drug-likeness (QED) is 0.732. The average molecular weight is 236 g/mol. The summed E-state index contributed by atoms with van der Waals surface area (Å²) in [7, 11) is 0. The Labute approximate surface area is 101 Å². The lowest BCUT2D eigenvalue weighted by Gasteiger charge is -2.21. The molecule has 2 rings (SSSR count). The molecule has 1 aliphatic rings. The number of hydrogen-bond donors (Lipinski definition) is 3. The maximum absolute atomic E-state index is 11.3. The molecule has 1 saturated carbocycles. The van der Waals surface area contributed by atoms with Crippen molar-refractivity contribution in [2.24, 2.45) is 0 Å². The molecule has 5 nitrogen and oxygen atoms in total. The molecular weight excluding hydrogens is 216 g/mol. The second-order valence-electron chi connectivity index (χ2n) is 4.68. The summed E-state index contributed by atoms with van der Waals surface area (Å²) in [6.45, 7) is 0. The van der Waals surface area contributed by atoms with Gasteiger partial charge in [-0.05, 0) is 12.8 Å². The molecule has 0 unspecified atom stereocenters. The van der Waals surface area contributed by atoms with E-state index >= 15 is 0 Å². The van der Waals surface area contributed by atoms with Gasteiger partial charge in [-0.3, -0.25) is 4.79 Å². The lowest BCUT2D eigenvalue weighted by Crippen LogP contribution is -2.24. The zero-order valence-corrected chi connectivity index (χ0v) is 10.0. The maximum Gasteiger partial charge on any atom is 0.276 e. The number of rotatable bonds is 2. The van der Waals surface area contributed by atoms with E-state index in [0.717, 1.165) is 12.8 Å². The van der Waals surface area contributed by atoms with E-state index in [9.17, 15) is 4.79 Å². The summed E-state index contributed by atoms with van der Waals surface area (Å²) in [5.74, 6) is 0.527. The molecule has 1 fully saturated rings. The van der Waals surface area contributed by atoms with Gasteiger partial charge in [0.15, 0.2) is 5.82 Å². The van der Waals surface area contributed by atoms with Gasteiger partial charge in [0.25, 0.3) is 5.56 Å². The van der Waals surface area contributed by atoms with Gasteiger partial charge in [0, 0.05) is 6.04 Å². The molecule has 0 atom stereocenters. The van der Waals surface area contributed by atoms with Gasteiger partial charge in [-0.2, -0.15) is 0 Å². The molecule has 0 bridgehead atoms. The highest BCUT2D eigenvalue weighted by Gasteiger charge is 2.13. The highest BCUT2D eigenvalue weighted by molar-refractivity contribution is 5.59. The molecule has 5 heteroatoms. The summed E-state index contributed by atoms with van der Waals surface area (Å²) in [5.41, 5.74) is 5.62. The van der Waals surface area contributed by atoms with Crippen LogP contribution in [0.4, 0.5) is 11.5 Å². The third-order valence-electron chi connectivity index (χ3n) is 3.34. The Morgan fingerprint density at radius 3 is 2.59 bits per heavy atom. The summed E-state index contributed by atoms with van der Waals surface area (Å²) >= 11 is 0. The first-order chi connectivity index (χ1) is 8.27. The van der Waals surface area contributed by atoms with Crippen molar-refractivity contribution in [1.82, 2.24) is 9.97 Å². The fourth-order valence-electron chi connectivity index (χ4n) is 2.32. The minimum absolute atomic E-state index is 0.189. The van der Waals surface area contributed by atoms with E-state index in [1.54, 1.807) is 0 Å². The van der Waals surface area contributed by atoms with Crippen LogP contribution in [-0.2, 0) is 0 Å². The van der Waals surface area contributed by atoms with Crippen molar-refractivity contribution in [3.63, 3.8) is 0 Å². The summed E-state index contributed by atoms with van der Waals surface area (Å²) in [4.78, 5) is 17.9. The number of hydrogen-bond acceptors (Lipinski definition) is 4. The molecule has 1 aromatic rings. The molecule has 1 aliphatic carbocycles. The van der Waals surface area contributed by atoms with Crippen LogP contribution in [0.3, 0.4) is 0 Å². The van der Waals surface area contributed by atoms with Crippen molar-refractivity contribution < 1.29 is 0 Å². The van der Waals surface area contributed by atoms with Gasteiger partial charge in [0.1, 0.15) is 5.69 Å². The molecule has 0 amide bonds. The minimum atomic E-state index is -0.270. The van der Waals surface area contributed by atoms with Crippen LogP contribution in [0.5, 0.6) is 0 Å². The molecule has 0 aromatic carbocycles. The Morgan fingerprint density at radius 1 is 1.24 bits per heavy atom. The maximum atomic E-state index is 11.3. The lowest BCUT2D eigenvalue weighted by molar-refractivity contribution is 0.471. The van der Waals surface area contributed by atoms with E-state index in [0.29, 0.717) is 11.9 Å². The first-order valence-corrected chi connectivity index (χ1v) is 6.37. The molecule has 94 valence electrons. The predicted octanol–water partition coefficient (Wildman–Crippen LogP) is 1.88. The highest BCUT2D eigenvalue weighted by atomic mass is 16.1. The van der Waals surface area contributed by atoms with Gasteiger partial charge in [-0.25, -0.2) is 4.98 Å². The monoisotopic (exact) mass is 236 g/mol. The lowest BCUT2D eigenvalue weighted by atomic mass is 9.97. The molecule has 0 saturated heterocycles. The standard InChI is InChI=1S/C12H20N4O/c13-10-11(14-8-15-12(10)17)16-9-6-4-2-1-3-5-7-9/h8-9H,1-7,13H2,(H2,14,15,16,17). The molecule has 0 spiro atoms. The summed E-state index contributed by atoms with van der Waals surface area (Å²) in [6, 6.07) is 0.395. The molecule has 0 radical (unpaired) electrons. The molecule has 17 heavy (non-hydrogen) atoms. The van der Waals surface area contributed by atoms with E-state index in [4.69, 9.17) is 5.73 Å². The van der Waals surface area contributed by atoms with Crippen LogP contribution in [0.2, 0.25) is 0 Å². The van der Waals surface area contributed by atoms with Crippen molar-refractivity contribution in [2.75, 3.05) is 11.1 Å². The average Bonchev–Trinajstić information content (AvgIpc) is 2.28. The summed E-state index contributed by atoms with van der Waals surface area (Å²) < 4.78 is 0. The molecule has 0 aliphatic heterocycles. The van der Waals surface area contributed by atoms with Crippen LogP contribution in [0.15, 0.2) is 11.1 Å². The predicted molar refractivity (Wildman–Crippen MR) is 69.0 cm³/mol. The second kappa shape index (κ2) is 5.70. The number of nitrogens with zero attached hydrogens (tertiary/aromatic N) is 1. The second-order valence-corrected chi connectivity index (χ2v) is 4.68. The summed E-state index contributed by atoms with van der Waals surface area (Å²) in [5, 5.41) is 3.30. The minimum Gasteiger partial charge on any atom is -0.391 e.